The first-order valence-corrected chi connectivity index (χ1v) is 5.49. The van der Waals surface area contributed by atoms with Gasteiger partial charge in [-0.1, -0.05) is 6.92 Å². The van der Waals surface area contributed by atoms with Gasteiger partial charge in [0.05, 0.1) is 5.92 Å². The molecule has 88 valence electrons. The second-order valence-electron chi connectivity index (χ2n) is 5.34. The van der Waals surface area contributed by atoms with Crippen LogP contribution in [0.3, 0.4) is 0 Å². The summed E-state index contributed by atoms with van der Waals surface area (Å²) in [4.78, 5) is 13.9. The standard InChI is InChI=1S/C11H22N2O2/c1-8-5-13(7-12)6-9(8)10(14)15-11(2,3)4/h8-9H,5-7,12H2,1-4H3. The van der Waals surface area contributed by atoms with Gasteiger partial charge in [-0.25, -0.2) is 0 Å². The zero-order valence-electron chi connectivity index (χ0n) is 10.1. The van der Waals surface area contributed by atoms with Gasteiger partial charge in [-0.15, -0.1) is 0 Å². The molecule has 1 aliphatic rings. The first kappa shape index (κ1) is 12.5. The van der Waals surface area contributed by atoms with Gasteiger partial charge in [0, 0.05) is 19.8 Å². The Morgan fingerprint density at radius 3 is 2.47 bits per heavy atom. The fourth-order valence-electron chi connectivity index (χ4n) is 1.90. The minimum atomic E-state index is -0.396. The Bertz CT molecular complexity index is 235. The number of hydrogen-bond acceptors (Lipinski definition) is 4. The van der Waals surface area contributed by atoms with E-state index in [1.54, 1.807) is 0 Å². The summed E-state index contributed by atoms with van der Waals surface area (Å²) in [6.07, 6.45) is 0. The summed E-state index contributed by atoms with van der Waals surface area (Å²) in [6, 6.07) is 0. The molecule has 4 heteroatoms. The van der Waals surface area contributed by atoms with Gasteiger partial charge in [0.1, 0.15) is 5.60 Å². The Kier molecular flexibility index (Phi) is 3.73. The van der Waals surface area contributed by atoms with E-state index in [1.807, 2.05) is 20.8 Å². The van der Waals surface area contributed by atoms with Crippen LogP contribution >= 0.6 is 0 Å². The van der Waals surface area contributed by atoms with E-state index in [1.165, 1.54) is 0 Å². The van der Waals surface area contributed by atoms with Crippen LogP contribution in [-0.4, -0.2) is 36.2 Å². The molecule has 0 aromatic rings. The van der Waals surface area contributed by atoms with Crippen LogP contribution in [0, 0.1) is 11.8 Å². The lowest BCUT2D eigenvalue weighted by atomic mass is 9.98. The zero-order valence-corrected chi connectivity index (χ0v) is 10.1. The van der Waals surface area contributed by atoms with Crippen molar-refractivity contribution < 1.29 is 9.53 Å². The summed E-state index contributed by atoms with van der Waals surface area (Å²) in [5.74, 6) is 0.224. The molecule has 0 amide bonds. The van der Waals surface area contributed by atoms with Gasteiger partial charge in [-0.3, -0.25) is 9.69 Å². The first-order valence-electron chi connectivity index (χ1n) is 5.49. The molecule has 0 saturated carbocycles. The number of nitrogens with zero attached hydrogens (tertiary/aromatic N) is 1. The maximum atomic E-state index is 11.8. The lowest BCUT2D eigenvalue weighted by Gasteiger charge is -2.23. The molecule has 2 atom stereocenters. The number of likely N-dealkylation sites (tertiary alicyclic amines) is 1. The van der Waals surface area contributed by atoms with Gasteiger partial charge in [-0.05, 0) is 26.7 Å². The van der Waals surface area contributed by atoms with Crippen LogP contribution in [0.15, 0.2) is 0 Å². The van der Waals surface area contributed by atoms with Gasteiger partial charge in [-0.2, -0.15) is 0 Å². The van der Waals surface area contributed by atoms with Crippen LogP contribution in [0.25, 0.3) is 0 Å². The zero-order chi connectivity index (χ0) is 11.6. The van der Waals surface area contributed by atoms with Crippen LogP contribution < -0.4 is 5.73 Å². The maximum absolute atomic E-state index is 11.8. The van der Waals surface area contributed by atoms with Crippen molar-refractivity contribution in [1.29, 1.82) is 0 Å². The topological polar surface area (TPSA) is 55.6 Å². The number of nitrogens with two attached hydrogens (primary N) is 1. The summed E-state index contributed by atoms with van der Waals surface area (Å²) >= 11 is 0. The van der Waals surface area contributed by atoms with Crippen molar-refractivity contribution in [2.75, 3.05) is 19.8 Å². The molecule has 2 unspecified atom stereocenters. The van der Waals surface area contributed by atoms with Crippen molar-refractivity contribution >= 4 is 5.97 Å². The highest BCUT2D eigenvalue weighted by Crippen LogP contribution is 2.25. The van der Waals surface area contributed by atoms with Crippen molar-refractivity contribution in [2.45, 2.75) is 33.3 Å². The third kappa shape index (κ3) is 3.47. The molecule has 1 aliphatic heterocycles. The van der Waals surface area contributed by atoms with Crippen LogP contribution in [0.5, 0.6) is 0 Å². The molecule has 15 heavy (non-hydrogen) atoms. The van der Waals surface area contributed by atoms with E-state index in [0.29, 0.717) is 12.6 Å². The average molecular weight is 214 g/mol. The number of hydrogen-bond donors (Lipinski definition) is 1. The molecule has 2 N–H and O–H groups in total. The lowest BCUT2D eigenvalue weighted by Crippen LogP contribution is -2.33. The third-order valence-corrected chi connectivity index (χ3v) is 2.66. The van der Waals surface area contributed by atoms with E-state index >= 15 is 0 Å². The summed E-state index contributed by atoms with van der Waals surface area (Å²) < 4.78 is 5.38. The van der Waals surface area contributed by atoms with E-state index in [-0.39, 0.29) is 11.9 Å². The van der Waals surface area contributed by atoms with Crippen molar-refractivity contribution in [2.24, 2.45) is 17.6 Å². The molecule has 0 radical (unpaired) electrons. The van der Waals surface area contributed by atoms with Gasteiger partial charge < -0.3 is 10.5 Å². The monoisotopic (exact) mass is 214 g/mol. The number of carbonyl (C=O) groups is 1. The molecule has 0 aromatic heterocycles. The summed E-state index contributed by atoms with van der Waals surface area (Å²) in [7, 11) is 0. The highest BCUT2D eigenvalue weighted by molar-refractivity contribution is 5.73. The molecule has 4 nitrogen and oxygen atoms in total. The smallest absolute Gasteiger partial charge is 0.311 e. The Balaban J connectivity index is 2.54. The molecule has 1 saturated heterocycles. The third-order valence-electron chi connectivity index (χ3n) is 2.66. The highest BCUT2D eigenvalue weighted by Gasteiger charge is 2.36. The minimum Gasteiger partial charge on any atom is -0.460 e. The predicted octanol–water partition coefficient (Wildman–Crippen LogP) is 0.812. The Labute approximate surface area is 91.8 Å². The molecule has 0 aliphatic carbocycles. The molecule has 1 fully saturated rings. The van der Waals surface area contributed by atoms with E-state index in [0.717, 1.165) is 13.1 Å². The van der Waals surface area contributed by atoms with Crippen LogP contribution in [0.2, 0.25) is 0 Å². The van der Waals surface area contributed by atoms with Gasteiger partial charge in [0.15, 0.2) is 0 Å². The highest BCUT2D eigenvalue weighted by atomic mass is 16.6. The number of ether oxygens (including phenoxy) is 1. The summed E-state index contributed by atoms with van der Waals surface area (Å²) in [5, 5.41) is 0. The van der Waals surface area contributed by atoms with Crippen LogP contribution in [-0.2, 0) is 9.53 Å². The predicted molar refractivity (Wildman–Crippen MR) is 59.1 cm³/mol. The minimum absolute atomic E-state index is 0.0206. The SMILES string of the molecule is CC1CN(CN)CC1C(=O)OC(C)(C)C. The van der Waals surface area contributed by atoms with E-state index in [2.05, 4.69) is 11.8 Å². The van der Waals surface area contributed by atoms with E-state index < -0.39 is 5.60 Å². The number of rotatable bonds is 2. The second kappa shape index (κ2) is 4.49. The molecule has 0 aromatic carbocycles. The van der Waals surface area contributed by atoms with Gasteiger partial charge in [0.2, 0.25) is 0 Å². The van der Waals surface area contributed by atoms with Crippen LogP contribution in [0.1, 0.15) is 27.7 Å². The maximum Gasteiger partial charge on any atom is 0.311 e. The van der Waals surface area contributed by atoms with Crippen molar-refractivity contribution in [3.63, 3.8) is 0 Å². The number of esters is 1. The molecular weight excluding hydrogens is 192 g/mol. The summed E-state index contributed by atoms with van der Waals surface area (Å²) in [5.41, 5.74) is 5.16. The fraction of sp³-hybridized carbons (Fsp3) is 0.909. The fourth-order valence-corrected chi connectivity index (χ4v) is 1.90. The molecule has 0 bridgehead atoms. The first-order chi connectivity index (χ1) is 6.83. The van der Waals surface area contributed by atoms with E-state index in [4.69, 9.17) is 10.5 Å². The second-order valence-corrected chi connectivity index (χ2v) is 5.34. The molecule has 0 spiro atoms. The lowest BCUT2D eigenvalue weighted by molar-refractivity contribution is -0.160. The largest absolute Gasteiger partial charge is 0.460 e. The van der Waals surface area contributed by atoms with Gasteiger partial charge >= 0.3 is 5.97 Å². The molecular formula is C11H22N2O2. The quantitative estimate of drug-likeness (QED) is 0.691. The normalized spacial score (nSPS) is 28.1. The average Bonchev–Trinajstić information content (AvgIpc) is 2.43. The van der Waals surface area contributed by atoms with Crippen molar-refractivity contribution in [3.8, 4) is 0 Å². The van der Waals surface area contributed by atoms with Gasteiger partial charge in [0.25, 0.3) is 0 Å². The Morgan fingerprint density at radius 2 is 2.07 bits per heavy atom. The summed E-state index contributed by atoms with van der Waals surface area (Å²) in [6.45, 7) is 9.89. The molecule has 1 heterocycles. The van der Waals surface area contributed by atoms with Crippen molar-refractivity contribution in [3.05, 3.63) is 0 Å². The Hall–Kier alpha value is -0.610. The van der Waals surface area contributed by atoms with E-state index in [9.17, 15) is 4.79 Å². The van der Waals surface area contributed by atoms with Crippen LogP contribution in [0.4, 0.5) is 0 Å². The van der Waals surface area contributed by atoms with Crippen molar-refractivity contribution in [1.82, 2.24) is 4.90 Å². The Morgan fingerprint density at radius 1 is 1.47 bits per heavy atom. The number of carbonyl (C=O) groups excluding carboxylic acids is 1. The molecule has 1 rings (SSSR count).